The van der Waals surface area contributed by atoms with Gasteiger partial charge in [-0.1, -0.05) is 41.4 Å². The lowest BCUT2D eigenvalue weighted by Crippen LogP contribution is -2.05. The number of halogens is 5. The third-order valence-electron chi connectivity index (χ3n) is 3.79. The van der Waals surface area contributed by atoms with Gasteiger partial charge in [-0.05, 0) is 54.1 Å². The summed E-state index contributed by atoms with van der Waals surface area (Å²) >= 11 is 11.6. The van der Waals surface area contributed by atoms with E-state index in [-0.39, 0.29) is 22.4 Å². The van der Waals surface area contributed by atoms with Crippen molar-refractivity contribution in [1.82, 2.24) is 4.98 Å². The van der Waals surface area contributed by atoms with Crippen LogP contribution in [0.25, 0.3) is 6.08 Å². The lowest BCUT2D eigenvalue weighted by Gasteiger charge is -2.10. The Kier molecular flexibility index (Phi) is 6.25. The van der Waals surface area contributed by atoms with E-state index in [0.717, 1.165) is 11.6 Å². The van der Waals surface area contributed by atoms with E-state index in [0.29, 0.717) is 16.8 Å². The number of hydrogen-bond acceptors (Lipinski definition) is 3. The molecule has 0 spiro atoms. The summed E-state index contributed by atoms with van der Waals surface area (Å²) in [5, 5.41) is 0.331. The molecule has 0 radical (unpaired) electrons. The molecule has 3 aromatic rings. The molecule has 0 fully saturated rings. The lowest BCUT2D eigenvalue weighted by molar-refractivity contribution is -0.137. The van der Waals surface area contributed by atoms with Gasteiger partial charge in [-0.2, -0.15) is 13.2 Å². The largest absolute Gasteiger partial charge is 0.438 e. The van der Waals surface area contributed by atoms with Gasteiger partial charge >= 0.3 is 6.18 Å². The number of rotatable bonds is 5. The van der Waals surface area contributed by atoms with Crippen LogP contribution in [0.5, 0.6) is 11.6 Å². The maximum absolute atomic E-state index is 12.7. The van der Waals surface area contributed by atoms with Crippen LogP contribution < -0.4 is 4.74 Å². The number of carbonyl (C=O) groups excluding carboxylic acids is 1. The summed E-state index contributed by atoms with van der Waals surface area (Å²) in [6, 6.07) is 13.8. The monoisotopic (exact) mass is 437 g/mol. The van der Waals surface area contributed by atoms with E-state index in [1.165, 1.54) is 30.3 Å². The molecule has 0 amide bonds. The van der Waals surface area contributed by atoms with Crippen molar-refractivity contribution >= 4 is 35.1 Å². The van der Waals surface area contributed by atoms with Crippen molar-refractivity contribution in [3.05, 3.63) is 93.6 Å². The van der Waals surface area contributed by atoms with Crippen LogP contribution >= 0.6 is 23.2 Å². The van der Waals surface area contributed by atoms with Crippen LogP contribution in [-0.4, -0.2) is 10.8 Å². The first kappa shape index (κ1) is 20.9. The van der Waals surface area contributed by atoms with Gasteiger partial charge in [-0.3, -0.25) is 4.79 Å². The van der Waals surface area contributed by atoms with Gasteiger partial charge in [0, 0.05) is 16.8 Å². The summed E-state index contributed by atoms with van der Waals surface area (Å²) in [6.07, 6.45) is -0.820. The van der Waals surface area contributed by atoms with E-state index in [2.05, 4.69) is 4.98 Å². The first-order valence-corrected chi connectivity index (χ1v) is 8.96. The van der Waals surface area contributed by atoms with E-state index in [9.17, 15) is 18.0 Å². The highest BCUT2D eigenvalue weighted by Crippen LogP contribution is 2.34. The van der Waals surface area contributed by atoms with Gasteiger partial charge in [0.2, 0.25) is 5.88 Å². The summed E-state index contributed by atoms with van der Waals surface area (Å²) in [5.74, 6) is -0.115. The molecule has 1 heterocycles. The van der Waals surface area contributed by atoms with Crippen LogP contribution in [0.1, 0.15) is 21.5 Å². The van der Waals surface area contributed by atoms with E-state index in [4.69, 9.17) is 27.9 Å². The number of hydrogen-bond donors (Lipinski definition) is 0. The first-order chi connectivity index (χ1) is 13.7. The van der Waals surface area contributed by atoms with E-state index < -0.39 is 11.7 Å². The molecule has 0 aliphatic rings. The SMILES string of the molecule is O=C(C=Cc1ccc(Cl)cc1)c1ccc(Oc2ncc(C(F)(F)F)cc2Cl)cc1. The van der Waals surface area contributed by atoms with Gasteiger partial charge in [0.05, 0.1) is 5.56 Å². The van der Waals surface area contributed by atoms with Gasteiger partial charge in [0.1, 0.15) is 10.8 Å². The summed E-state index contributed by atoms with van der Waals surface area (Å²) in [6.45, 7) is 0. The summed E-state index contributed by atoms with van der Waals surface area (Å²) in [5.41, 5.74) is 0.267. The van der Waals surface area contributed by atoms with Gasteiger partial charge in [0.15, 0.2) is 5.78 Å². The highest BCUT2D eigenvalue weighted by atomic mass is 35.5. The van der Waals surface area contributed by atoms with Crippen molar-refractivity contribution in [2.75, 3.05) is 0 Å². The number of benzene rings is 2. The second kappa shape index (κ2) is 8.68. The van der Waals surface area contributed by atoms with Crippen molar-refractivity contribution in [2.24, 2.45) is 0 Å². The average Bonchev–Trinajstić information content (AvgIpc) is 2.68. The number of pyridine rings is 1. The van der Waals surface area contributed by atoms with E-state index in [1.807, 2.05) is 0 Å². The molecule has 3 nitrogen and oxygen atoms in total. The predicted molar refractivity (Wildman–Crippen MR) is 106 cm³/mol. The molecule has 148 valence electrons. The molecule has 3 rings (SSSR count). The van der Waals surface area contributed by atoms with Gasteiger partial charge in [-0.15, -0.1) is 0 Å². The topological polar surface area (TPSA) is 39.2 Å². The number of alkyl halides is 3. The summed E-state index contributed by atoms with van der Waals surface area (Å²) in [7, 11) is 0. The quantitative estimate of drug-likeness (QED) is 0.315. The number of nitrogens with zero attached hydrogens (tertiary/aromatic N) is 1. The second-order valence-corrected chi connectivity index (χ2v) is 6.73. The minimum absolute atomic E-state index is 0.165. The third kappa shape index (κ3) is 5.59. The molecule has 1 aromatic heterocycles. The molecule has 0 bridgehead atoms. The van der Waals surface area contributed by atoms with E-state index in [1.54, 1.807) is 30.3 Å². The first-order valence-electron chi connectivity index (χ1n) is 8.21. The standard InChI is InChI=1S/C21H12Cl2F3NO2/c22-16-6-1-13(2-7-16)3-10-19(28)14-4-8-17(9-5-14)29-20-18(23)11-15(12-27-20)21(24,25)26/h1-12H. The normalized spacial score (nSPS) is 11.6. The number of carbonyl (C=O) groups is 1. The zero-order chi connectivity index (χ0) is 21.0. The minimum Gasteiger partial charge on any atom is -0.438 e. The van der Waals surface area contributed by atoms with Gasteiger partial charge in [0.25, 0.3) is 0 Å². The Labute approximate surface area is 174 Å². The Morgan fingerprint density at radius 2 is 1.66 bits per heavy atom. The molecule has 8 heteroatoms. The Morgan fingerprint density at radius 3 is 2.24 bits per heavy atom. The predicted octanol–water partition coefficient (Wildman–Crippen LogP) is 7.10. The Balaban J connectivity index is 1.68. The molecular weight excluding hydrogens is 426 g/mol. The molecule has 0 saturated heterocycles. The molecule has 2 aromatic carbocycles. The summed E-state index contributed by atoms with van der Waals surface area (Å²) in [4.78, 5) is 15.9. The maximum Gasteiger partial charge on any atom is 0.417 e. The molecular formula is C21H12Cl2F3NO2. The van der Waals surface area contributed by atoms with Crippen LogP contribution in [0, 0.1) is 0 Å². The van der Waals surface area contributed by atoms with Crippen molar-refractivity contribution in [2.45, 2.75) is 6.18 Å². The Bertz CT molecular complexity index is 1050. The molecule has 0 N–H and O–H groups in total. The smallest absolute Gasteiger partial charge is 0.417 e. The number of aromatic nitrogens is 1. The van der Waals surface area contributed by atoms with Gasteiger partial charge < -0.3 is 4.74 Å². The number of ether oxygens (including phenoxy) is 1. The fraction of sp³-hybridized carbons (Fsp3) is 0.0476. The van der Waals surface area contributed by atoms with Crippen molar-refractivity contribution in [3.8, 4) is 11.6 Å². The van der Waals surface area contributed by atoms with Crippen molar-refractivity contribution in [1.29, 1.82) is 0 Å². The third-order valence-corrected chi connectivity index (χ3v) is 4.31. The Hall–Kier alpha value is -2.83. The van der Waals surface area contributed by atoms with Crippen molar-refractivity contribution in [3.63, 3.8) is 0 Å². The molecule has 0 saturated carbocycles. The average molecular weight is 438 g/mol. The van der Waals surface area contributed by atoms with E-state index >= 15 is 0 Å². The fourth-order valence-corrected chi connectivity index (χ4v) is 2.63. The fourth-order valence-electron chi connectivity index (χ4n) is 2.30. The lowest BCUT2D eigenvalue weighted by atomic mass is 10.1. The van der Waals surface area contributed by atoms with Crippen LogP contribution in [0.4, 0.5) is 13.2 Å². The molecule has 0 aliphatic heterocycles. The zero-order valence-corrected chi connectivity index (χ0v) is 16.1. The Morgan fingerprint density at radius 1 is 1.00 bits per heavy atom. The molecule has 29 heavy (non-hydrogen) atoms. The highest BCUT2D eigenvalue weighted by molar-refractivity contribution is 6.32. The highest BCUT2D eigenvalue weighted by Gasteiger charge is 2.31. The second-order valence-electron chi connectivity index (χ2n) is 5.88. The van der Waals surface area contributed by atoms with Crippen LogP contribution in [-0.2, 0) is 6.18 Å². The minimum atomic E-state index is -4.54. The number of allylic oxidation sites excluding steroid dienone is 1. The molecule has 0 aliphatic carbocycles. The van der Waals surface area contributed by atoms with Crippen LogP contribution in [0.15, 0.2) is 66.9 Å². The van der Waals surface area contributed by atoms with Gasteiger partial charge in [-0.25, -0.2) is 4.98 Å². The number of ketones is 1. The maximum atomic E-state index is 12.7. The van der Waals surface area contributed by atoms with Crippen LogP contribution in [0.3, 0.4) is 0 Å². The summed E-state index contributed by atoms with van der Waals surface area (Å²) < 4.78 is 43.4. The zero-order valence-electron chi connectivity index (χ0n) is 14.6. The molecule has 0 unspecified atom stereocenters. The van der Waals surface area contributed by atoms with Crippen LogP contribution in [0.2, 0.25) is 10.0 Å². The molecule has 0 atom stereocenters. The van der Waals surface area contributed by atoms with Crippen molar-refractivity contribution < 1.29 is 22.7 Å².